The lowest BCUT2D eigenvalue weighted by Crippen LogP contribution is -2.24. The SMILES string of the molecule is COc1cc([C@H]2C[C@H](O)[C@@H](CO)O2)cc(OC)c1OC. The number of methoxy groups -OCH3 is 3. The minimum atomic E-state index is -0.677. The molecule has 0 bridgehead atoms. The average molecular weight is 284 g/mol. The predicted octanol–water partition coefficient (Wildman–Crippen LogP) is 0.896. The van der Waals surface area contributed by atoms with Gasteiger partial charge in [-0.1, -0.05) is 0 Å². The first-order chi connectivity index (χ1) is 9.64. The van der Waals surface area contributed by atoms with E-state index in [1.54, 1.807) is 26.4 Å². The molecule has 6 heteroatoms. The number of hydrogen-bond donors (Lipinski definition) is 2. The van der Waals surface area contributed by atoms with Crippen LogP contribution >= 0.6 is 0 Å². The van der Waals surface area contributed by atoms with Gasteiger partial charge in [-0.3, -0.25) is 0 Å². The van der Waals surface area contributed by atoms with Gasteiger partial charge in [0, 0.05) is 6.42 Å². The molecule has 2 rings (SSSR count). The highest BCUT2D eigenvalue weighted by Gasteiger charge is 2.35. The Balaban J connectivity index is 2.33. The summed E-state index contributed by atoms with van der Waals surface area (Å²) in [7, 11) is 4.63. The molecule has 0 radical (unpaired) electrons. The van der Waals surface area contributed by atoms with E-state index in [2.05, 4.69) is 0 Å². The minimum absolute atomic E-state index is 0.206. The summed E-state index contributed by atoms with van der Waals surface area (Å²) >= 11 is 0. The first kappa shape index (κ1) is 14.9. The van der Waals surface area contributed by atoms with Crippen molar-refractivity contribution in [2.75, 3.05) is 27.9 Å². The molecule has 2 N–H and O–H groups in total. The number of rotatable bonds is 5. The van der Waals surface area contributed by atoms with Gasteiger partial charge in [-0.25, -0.2) is 0 Å². The summed E-state index contributed by atoms with van der Waals surface area (Å²) in [6.07, 6.45) is -1.12. The van der Waals surface area contributed by atoms with Crippen LogP contribution in [0.25, 0.3) is 0 Å². The number of benzene rings is 1. The van der Waals surface area contributed by atoms with Crippen molar-refractivity contribution in [3.63, 3.8) is 0 Å². The van der Waals surface area contributed by atoms with Crippen LogP contribution < -0.4 is 14.2 Å². The highest BCUT2D eigenvalue weighted by molar-refractivity contribution is 5.54. The largest absolute Gasteiger partial charge is 0.493 e. The smallest absolute Gasteiger partial charge is 0.203 e. The second kappa shape index (κ2) is 6.30. The number of ether oxygens (including phenoxy) is 4. The Morgan fingerprint density at radius 2 is 1.75 bits per heavy atom. The summed E-state index contributed by atoms with van der Waals surface area (Å²) in [5.41, 5.74) is 0.814. The maximum Gasteiger partial charge on any atom is 0.203 e. The van der Waals surface area contributed by atoms with Gasteiger partial charge >= 0.3 is 0 Å². The molecule has 1 heterocycles. The first-order valence-corrected chi connectivity index (χ1v) is 6.38. The van der Waals surface area contributed by atoms with Crippen molar-refractivity contribution in [1.29, 1.82) is 0 Å². The normalized spacial score (nSPS) is 25.6. The molecule has 1 saturated heterocycles. The summed E-state index contributed by atoms with van der Waals surface area (Å²) in [6.45, 7) is -0.206. The summed E-state index contributed by atoms with van der Waals surface area (Å²) in [4.78, 5) is 0. The van der Waals surface area contributed by atoms with Gasteiger partial charge in [0.15, 0.2) is 11.5 Å². The molecule has 0 unspecified atom stereocenters. The molecule has 0 saturated carbocycles. The van der Waals surface area contributed by atoms with Gasteiger partial charge in [0.2, 0.25) is 5.75 Å². The van der Waals surface area contributed by atoms with Gasteiger partial charge < -0.3 is 29.2 Å². The Hall–Kier alpha value is -1.50. The van der Waals surface area contributed by atoms with Crippen LogP contribution in [0.15, 0.2) is 12.1 Å². The van der Waals surface area contributed by atoms with Gasteiger partial charge in [-0.2, -0.15) is 0 Å². The van der Waals surface area contributed by atoms with E-state index in [-0.39, 0.29) is 12.7 Å². The second-order valence-electron chi connectivity index (χ2n) is 4.61. The fourth-order valence-electron chi connectivity index (χ4n) is 2.39. The van der Waals surface area contributed by atoms with Crippen LogP contribution in [0.5, 0.6) is 17.2 Å². The van der Waals surface area contributed by atoms with Gasteiger partial charge in [0.25, 0.3) is 0 Å². The molecule has 1 fully saturated rings. The predicted molar refractivity (Wildman–Crippen MR) is 71.4 cm³/mol. The molecule has 3 atom stereocenters. The second-order valence-corrected chi connectivity index (χ2v) is 4.61. The molecule has 1 aromatic rings. The molecule has 0 aliphatic carbocycles. The maximum absolute atomic E-state index is 9.80. The summed E-state index contributed by atoms with van der Waals surface area (Å²) in [5, 5.41) is 18.9. The van der Waals surface area contributed by atoms with E-state index < -0.39 is 12.2 Å². The fraction of sp³-hybridized carbons (Fsp3) is 0.571. The van der Waals surface area contributed by atoms with Crippen LogP contribution in [0, 0.1) is 0 Å². The van der Waals surface area contributed by atoms with Crippen molar-refractivity contribution < 1.29 is 29.2 Å². The Morgan fingerprint density at radius 3 is 2.15 bits per heavy atom. The van der Waals surface area contributed by atoms with Gasteiger partial charge in [0.1, 0.15) is 6.10 Å². The minimum Gasteiger partial charge on any atom is -0.493 e. The summed E-state index contributed by atoms with van der Waals surface area (Å²) < 4.78 is 21.5. The lowest BCUT2D eigenvalue weighted by Gasteiger charge is -2.17. The van der Waals surface area contributed by atoms with Crippen molar-refractivity contribution in [1.82, 2.24) is 0 Å². The lowest BCUT2D eigenvalue weighted by molar-refractivity contribution is -0.0226. The van der Waals surface area contributed by atoms with Crippen LogP contribution in [0.2, 0.25) is 0 Å². The van der Waals surface area contributed by atoms with Crippen molar-refractivity contribution >= 4 is 0 Å². The fourth-order valence-corrected chi connectivity index (χ4v) is 2.39. The molecule has 0 spiro atoms. The number of aliphatic hydroxyl groups is 2. The van der Waals surface area contributed by atoms with Crippen LogP contribution in [-0.2, 0) is 4.74 Å². The van der Waals surface area contributed by atoms with Gasteiger partial charge in [0.05, 0.1) is 40.1 Å². The lowest BCUT2D eigenvalue weighted by atomic mass is 10.0. The van der Waals surface area contributed by atoms with Crippen LogP contribution in [-0.4, -0.2) is 50.4 Å². The molecule has 1 aromatic carbocycles. The van der Waals surface area contributed by atoms with Crippen LogP contribution in [0.3, 0.4) is 0 Å². The third-order valence-corrected chi connectivity index (χ3v) is 3.46. The highest BCUT2D eigenvalue weighted by Crippen LogP contribution is 2.43. The molecular formula is C14H20O6. The zero-order chi connectivity index (χ0) is 14.7. The van der Waals surface area contributed by atoms with E-state index in [1.165, 1.54) is 7.11 Å². The molecule has 1 aliphatic heterocycles. The number of hydrogen-bond acceptors (Lipinski definition) is 6. The van der Waals surface area contributed by atoms with Crippen LogP contribution in [0.4, 0.5) is 0 Å². The monoisotopic (exact) mass is 284 g/mol. The Morgan fingerprint density at radius 1 is 1.15 bits per heavy atom. The van der Waals surface area contributed by atoms with E-state index in [0.717, 1.165) is 5.56 Å². The molecule has 0 aromatic heterocycles. The van der Waals surface area contributed by atoms with Crippen LogP contribution in [0.1, 0.15) is 18.1 Å². The van der Waals surface area contributed by atoms with Crippen molar-refractivity contribution in [3.8, 4) is 17.2 Å². The van der Waals surface area contributed by atoms with E-state index in [9.17, 15) is 5.11 Å². The van der Waals surface area contributed by atoms with Gasteiger partial charge in [-0.05, 0) is 17.7 Å². The Bertz CT molecular complexity index is 436. The molecule has 112 valence electrons. The van der Waals surface area contributed by atoms with Crippen molar-refractivity contribution in [3.05, 3.63) is 17.7 Å². The van der Waals surface area contributed by atoms with E-state index in [4.69, 9.17) is 24.1 Å². The number of aliphatic hydroxyl groups excluding tert-OH is 2. The summed E-state index contributed by atoms with van der Waals surface area (Å²) in [6, 6.07) is 3.58. The average Bonchev–Trinajstić information content (AvgIpc) is 2.86. The standard InChI is InChI=1S/C14H20O6/c1-17-11-4-8(5-12(18-2)14(11)19-3)10-6-9(16)13(7-15)20-10/h4-5,9-10,13,15-16H,6-7H2,1-3H3/t9-,10+,13+/m0/s1. The van der Waals surface area contributed by atoms with E-state index >= 15 is 0 Å². The van der Waals surface area contributed by atoms with Crippen molar-refractivity contribution in [2.45, 2.75) is 24.7 Å². The maximum atomic E-state index is 9.80. The third-order valence-electron chi connectivity index (χ3n) is 3.46. The highest BCUT2D eigenvalue weighted by atomic mass is 16.5. The topological polar surface area (TPSA) is 77.4 Å². The molecular weight excluding hydrogens is 264 g/mol. The van der Waals surface area contributed by atoms with E-state index in [0.29, 0.717) is 23.7 Å². The Labute approximate surface area is 117 Å². The van der Waals surface area contributed by atoms with Crippen molar-refractivity contribution in [2.24, 2.45) is 0 Å². The molecule has 1 aliphatic rings. The van der Waals surface area contributed by atoms with E-state index in [1.807, 2.05) is 0 Å². The van der Waals surface area contributed by atoms with Gasteiger partial charge in [-0.15, -0.1) is 0 Å². The first-order valence-electron chi connectivity index (χ1n) is 6.38. The summed E-state index contributed by atoms with van der Waals surface area (Å²) in [5.74, 6) is 1.58. The molecule has 6 nitrogen and oxygen atoms in total. The zero-order valence-corrected chi connectivity index (χ0v) is 11.8. The third kappa shape index (κ3) is 2.67. The molecule has 0 amide bonds. The zero-order valence-electron chi connectivity index (χ0n) is 11.8. The Kier molecular flexibility index (Phi) is 4.69. The quantitative estimate of drug-likeness (QED) is 0.836. The molecule has 20 heavy (non-hydrogen) atoms.